The maximum Gasteiger partial charge on any atom is 0.327 e. The summed E-state index contributed by atoms with van der Waals surface area (Å²) in [6.07, 6.45) is 1.67. The fourth-order valence-electron chi connectivity index (χ4n) is 3.56. The van der Waals surface area contributed by atoms with E-state index < -0.39 is 17.4 Å². The van der Waals surface area contributed by atoms with Crippen molar-refractivity contribution < 1.29 is 24.3 Å². The lowest BCUT2D eigenvalue weighted by atomic mass is 9.87. The van der Waals surface area contributed by atoms with E-state index in [0.29, 0.717) is 11.4 Å². The van der Waals surface area contributed by atoms with Crippen molar-refractivity contribution in [1.82, 2.24) is 15.1 Å². The minimum Gasteiger partial charge on any atom is -0.506 e. The second kappa shape index (κ2) is 7.25. The van der Waals surface area contributed by atoms with Gasteiger partial charge in [-0.3, -0.25) is 9.69 Å². The average Bonchev–Trinajstić information content (AvgIpc) is 3.32. The summed E-state index contributed by atoms with van der Waals surface area (Å²) in [5.41, 5.74) is 0.874. The van der Waals surface area contributed by atoms with Gasteiger partial charge in [0.05, 0.1) is 11.6 Å². The molecule has 2 aromatic heterocycles. The standard InChI is InChI=1S/C21H20N4O5/c1-21(2,10-17-23-18(24-30-17)14-8-7-13(26)11-22-14)20(29)25-15-6-4-3-5-12(15)9-16(25)19(27)28/h3-8,11,16,26H,9-10H2,1-2H3,(H,27,28). The molecular weight excluding hydrogens is 388 g/mol. The Kier molecular flexibility index (Phi) is 4.73. The van der Waals surface area contributed by atoms with Crippen LogP contribution >= 0.6 is 0 Å². The van der Waals surface area contributed by atoms with E-state index in [1.54, 1.807) is 32.0 Å². The SMILES string of the molecule is CC(C)(Cc1nc(-c2ccc(O)cn2)no1)C(=O)N1c2ccccc2CC1C(=O)O. The van der Waals surface area contributed by atoms with Gasteiger partial charge in [-0.1, -0.05) is 37.2 Å². The van der Waals surface area contributed by atoms with Crippen molar-refractivity contribution in [2.45, 2.75) is 32.7 Å². The van der Waals surface area contributed by atoms with Crippen LogP contribution in [-0.2, 0) is 22.4 Å². The van der Waals surface area contributed by atoms with Crippen LogP contribution in [0.15, 0.2) is 47.1 Å². The Bertz CT molecular complexity index is 1110. The first-order valence-electron chi connectivity index (χ1n) is 9.38. The number of para-hydroxylation sites is 1. The topological polar surface area (TPSA) is 130 Å². The number of aromatic hydroxyl groups is 1. The van der Waals surface area contributed by atoms with E-state index in [0.717, 1.165) is 5.56 Å². The van der Waals surface area contributed by atoms with Crippen LogP contribution in [0.2, 0.25) is 0 Å². The van der Waals surface area contributed by atoms with Gasteiger partial charge in [0, 0.05) is 18.5 Å². The molecule has 1 atom stereocenters. The highest BCUT2D eigenvalue weighted by molar-refractivity contribution is 6.04. The second-order valence-corrected chi connectivity index (χ2v) is 7.84. The molecule has 30 heavy (non-hydrogen) atoms. The molecule has 1 aliphatic rings. The highest BCUT2D eigenvalue weighted by atomic mass is 16.5. The number of pyridine rings is 1. The molecule has 0 fully saturated rings. The summed E-state index contributed by atoms with van der Waals surface area (Å²) in [6, 6.07) is 9.27. The molecule has 3 aromatic rings. The van der Waals surface area contributed by atoms with Gasteiger partial charge in [0.2, 0.25) is 17.6 Å². The number of benzene rings is 1. The van der Waals surface area contributed by atoms with Gasteiger partial charge in [0.15, 0.2) is 0 Å². The first-order chi connectivity index (χ1) is 14.3. The molecule has 0 saturated heterocycles. The molecule has 1 aliphatic heterocycles. The van der Waals surface area contributed by atoms with Gasteiger partial charge in [-0.05, 0) is 23.8 Å². The molecule has 9 nitrogen and oxygen atoms in total. The molecule has 4 rings (SSSR count). The molecular formula is C21H20N4O5. The van der Waals surface area contributed by atoms with E-state index >= 15 is 0 Å². The molecule has 0 bridgehead atoms. The van der Waals surface area contributed by atoms with Crippen molar-refractivity contribution in [2.75, 3.05) is 4.90 Å². The third-order valence-corrected chi connectivity index (χ3v) is 5.10. The molecule has 154 valence electrons. The number of hydrogen-bond acceptors (Lipinski definition) is 7. The van der Waals surface area contributed by atoms with E-state index in [2.05, 4.69) is 15.1 Å². The number of anilines is 1. The Morgan fingerprint density at radius 1 is 1.23 bits per heavy atom. The van der Waals surface area contributed by atoms with Gasteiger partial charge in [0.1, 0.15) is 17.5 Å². The molecule has 0 spiro atoms. The lowest BCUT2D eigenvalue weighted by Crippen LogP contribution is -2.49. The summed E-state index contributed by atoms with van der Waals surface area (Å²) >= 11 is 0. The second-order valence-electron chi connectivity index (χ2n) is 7.84. The maximum absolute atomic E-state index is 13.4. The summed E-state index contributed by atoms with van der Waals surface area (Å²) in [5, 5.41) is 22.9. The van der Waals surface area contributed by atoms with Gasteiger partial charge in [0.25, 0.3) is 0 Å². The molecule has 3 heterocycles. The zero-order valence-corrected chi connectivity index (χ0v) is 16.4. The molecule has 0 saturated carbocycles. The van der Waals surface area contributed by atoms with Crippen molar-refractivity contribution in [3.8, 4) is 17.3 Å². The monoisotopic (exact) mass is 408 g/mol. The van der Waals surface area contributed by atoms with E-state index in [-0.39, 0.29) is 36.2 Å². The van der Waals surface area contributed by atoms with Crippen molar-refractivity contribution in [3.63, 3.8) is 0 Å². The number of fused-ring (bicyclic) bond motifs is 1. The number of nitrogens with zero attached hydrogens (tertiary/aromatic N) is 4. The van der Waals surface area contributed by atoms with Crippen molar-refractivity contribution in [1.29, 1.82) is 0 Å². The summed E-state index contributed by atoms with van der Waals surface area (Å²) < 4.78 is 5.29. The highest BCUT2D eigenvalue weighted by Crippen LogP contribution is 2.37. The van der Waals surface area contributed by atoms with Crippen molar-refractivity contribution in [2.24, 2.45) is 5.41 Å². The largest absolute Gasteiger partial charge is 0.506 e. The van der Waals surface area contributed by atoms with Gasteiger partial charge < -0.3 is 14.7 Å². The van der Waals surface area contributed by atoms with Crippen LogP contribution in [-0.4, -0.2) is 43.3 Å². The normalized spacial score (nSPS) is 15.8. The summed E-state index contributed by atoms with van der Waals surface area (Å²) in [7, 11) is 0. The number of carbonyl (C=O) groups is 2. The minimum absolute atomic E-state index is 0.0214. The zero-order valence-electron chi connectivity index (χ0n) is 16.4. The molecule has 1 amide bonds. The van der Waals surface area contributed by atoms with E-state index in [1.165, 1.54) is 17.2 Å². The molecule has 9 heteroatoms. The lowest BCUT2D eigenvalue weighted by Gasteiger charge is -2.31. The number of amides is 1. The Morgan fingerprint density at radius 2 is 2.00 bits per heavy atom. The number of aromatic nitrogens is 3. The fraction of sp³-hybridized carbons (Fsp3) is 0.286. The van der Waals surface area contributed by atoms with E-state index in [1.807, 2.05) is 12.1 Å². The predicted molar refractivity (Wildman–Crippen MR) is 106 cm³/mol. The van der Waals surface area contributed by atoms with Crippen LogP contribution in [0.5, 0.6) is 5.75 Å². The molecule has 1 unspecified atom stereocenters. The molecule has 0 aliphatic carbocycles. The van der Waals surface area contributed by atoms with E-state index in [9.17, 15) is 19.8 Å². The van der Waals surface area contributed by atoms with Crippen LogP contribution in [0.1, 0.15) is 25.3 Å². The van der Waals surface area contributed by atoms with Crippen molar-refractivity contribution >= 4 is 17.6 Å². The first kappa shape index (κ1) is 19.6. The Hall–Kier alpha value is -3.75. The smallest absolute Gasteiger partial charge is 0.327 e. The number of rotatable bonds is 5. The number of carbonyl (C=O) groups excluding carboxylic acids is 1. The summed E-state index contributed by atoms with van der Waals surface area (Å²) in [6.45, 7) is 3.44. The van der Waals surface area contributed by atoms with Crippen LogP contribution in [0.4, 0.5) is 5.69 Å². The maximum atomic E-state index is 13.4. The fourth-order valence-corrected chi connectivity index (χ4v) is 3.56. The third kappa shape index (κ3) is 3.49. The Morgan fingerprint density at radius 3 is 2.70 bits per heavy atom. The molecule has 1 aromatic carbocycles. The molecule has 2 N–H and O–H groups in total. The predicted octanol–water partition coefficient (Wildman–Crippen LogP) is 2.45. The van der Waals surface area contributed by atoms with Crippen molar-refractivity contribution in [3.05, 3.63) is 54.0 Å². The van der Waals surface area contributed by atoms with Crippen LogP contribution < -0.4 is 4.90 Å². The van der Waals surface area contributed by atoms with Gasteiger partial charge in [-0.2, -0.15) is 4.98 Å². The quantitative estimate of drug-likeness (QED) is 0.658. The zero-order chi connectivity index (χ0) is 21.5. The minimum atomic E-state index is -1.05. The van der Waals surface area contributed by atoms with Gasteiger partial charge in [-0.25, -0.2) is 9.78 Å². The number of carboxylic acid groups (broad SMARTS) is 1. The van der Waals surface area contributed by atoms with Gasteiger partial charge >= 0.3 is 5.97 Å². The summed E-state index contributed by atoms with van der Waals surface area (Å²) in [4.78, 5) is 34.9. The Labute approximate surface area is 172 Å². The number of carboxylic acids is 1. The van der Waals surface area contributed by atoms with E-state index in [4.69, 9.17) is 4.52 Å². The third-order valence-electron chi connectivity index (χ3n) is 5.10. The van der Waals surface area contributed by atoms with Crippen LogP contribution in [0.25, 0.3) is 11.5 Å². The Balaban J connectivity index is 1.58. The van der Waals surface area contributed by atoms with Crippen LogP contribution in [0, 0.1) is 5.41 Å². The van der Waals surface area contributed by atoms with Gasteiger partial charge in [-0.15, -0.1) is 0 Å². The number of hydrogen-bond donors (Lipinski definition) is 2. The average molecular weight is 408 g/mol. The summed E-state index contributed by atoms with van der Waals surface area (Å²) in [5.74, 6) is -0.884. The van der Waals surface area contributed by atoms with Crippen LogP contribution in [0.3, 0.4) is 0 Å². The first-order valence-corrected chi connectivity index (χ1v) is 9.38. The number of aliphatic carboxylic acids is 1. The highest BCUT2D eigenvalue weighted by Gasteiger charge is 2.44. The lowest BCUT2D eigenvalue weighted by molar-refractivity contribution is -0.141. The molecule has 0 radical (unpaired) electrons.